The van der Waals surface area contributed by atoms with Crippen molar-refractivity contribution in [1.29, 1.82) is 0 Å². The molecular weight excluding hydrogens is 376 g/mol. The molecule has 0 unspecified atom stereocenters. The lowest BCUT2D eigenvalue weighted by Crippen LogP contribution is -2.49. The van der Waals surface area contributed by atoms with E-state index in [-0.39, 0.29) is 17.3 Å². The van der Waals surface area contributed by atoms with Crippen molar-refractivity contribution in [3.63, 3.8) is 0 Å². The van der Waals surface area contributed by atoms with E-state index < -0.39 is 5.82 Å². The van der Waals surface area contributed by atoms with E-state index in [0.29, 0.717) is 43.1 Å². The second-order valence-electron chi connectivity index (χ2n) is 6.83. The van der Waals surface area contributed by atoms with Gasteiger partial charge in [0.2, 0.25) is 0 Å². The number of anilines is 1. The SMILES string of the molecule is O=C(c1ccc(=O)n(-c2ccc(F)cc2)c1)N1CCN(c2ccccc2F)CC1. The first kappa shape index (κ1) is 18.9. The van der Waals surface area contributed by atoms with Crippen LogP contribution in [0.2, 0.25) is 0 Å². The molecule has 2 aromatic carbocycles. The standard InChI is InChI=1S/C22H19F2N3O2/c23-17-6-8-18(9-7-17)27-15-16(5-10-21(27)28)22(29)26-13-11-25(12-14-26)20-4-2-1-3-19(20)24/h1-10,15H,11-14H2. The van der Waals surface area contributed by atoms with Crippen LogP contribution in [-0.4, -0.2) is 41.6 Å². The molecule has 2 heterocycles. The summed E-state index contributed by atoms with van der Waals surface area (Å²) >= 11 is 0. The van der Waals surface area contributed by atoms with Gasteiger partial charge in [0.1, 0.15) is 11.6 Å². The van der Waals surface area contributed by atoms with Gasteiger partial charge in [-0.2, -0.15) is 0 Å². The smallest absolute Gasteiger partial charge is 0.255 e. The molecule has 0 N–H and O–H groups in total. The normalized spacial score (nSPS) is 14.1. The zero-order valence-electron chi connectivity index (χ0n) is 15.6. The highest BCUT2D eigenvalue weighted by molar-refractivity contribution is 5.94. The third-order valence-electron chi connectivity index (χ3n) is 5.02. The third kappa shape index (κ3) is 3.89. The zero-order valence-corrected chi connectivity index (χ0v) is 15.6. The molecule has 0 saturated carbocycles. The number of amides is 1. The molecule has 1 amide bonds. The monoisotopic (exact) mass is 395 g/mol. The van der Waals surface area contributed by atoms with Crippen LogP contribution in [0.4, 0.5) is 14.5 Å². The summed E-state index contributed by atoms with van der Waals surface area (Å²) in [6.45, 7) is 1.93. The topological polar surface area (TPSA) is 45.6 Å². The van der Waals surface area contributed by atoms with Crippen LogP contribution >= 0.6 is 0 Å². The summed E-state index contributed by atoms with van der Waals surface area (Å²) in [5.41, 5.74) is 1.07. The van der Waals surface area contributed by atoms with E-state index in [4.69, 9.17) is 0 Å². The highest BCUT2D eigenvalue weighted by Gasteiger charge is 2.24. The van der Waals surface area contributed by atoms with Gasteiger partial charge in [-0.15, -0.1) is 0 Å². The fraction of sp³-hybridized carbons (Fsp3) is 0.182. The van der Waals surface area contributed by atoms with Crippen LogP contribution in [0.1, 0.15) is 10.4 Å². The summed E-state index contributed by atoms with van der Waals surface area (Å²) in [5.74, 6) is -0.880. The molecule has 0 bridgehead atoms. The average Bonchev–Trinajstić information content (AvgIpc) is 2.75. The predicted octanol–water partition coefficient (Wildman–Crippen LogP) is 3.08. The first-order valence-corrected chi connectivity index (χ1v) is 9.30. The Morgan fingerprint density at radius 3 is 2.21 bits per heavy atom. The molecule has 3 aromatic rings. The number of nitrogens with zero attached hydrogens (tertiary/aromatic N) is 3. The lowest BCUT2D eigenvalue weighted by molar-refractivity contribution is 0.0746. The molecule has 0 aliphatic carbocycles. The highest BCUT2D eigenvalue weighted by Crippen LogP contribution is 2.21. The van der Waals surface area contributed by atoms with Gasteiger partial charge in [-0.3, -0.25) is 14.2 Å². The first-order valence-electron chi connectivity index (χ1n) is 9.30. The fourth-order valence-electron chi connectivity index (χ4n) is 3.46. The van der Waals surface area contributed by atoms with Crippen molar-refractivity contribution >= 4 is 11.6 Å². The summed E-state index contributed by atoms with van der Waals surface area (Å²) in [5, 5.41) is 0. The van der Waals surface area contributed by atoms with Crippen molar-refractivity contribution in [3.05, 3.63) is 94.4 Å². The van der Waals surface area contributed by atoms with E-state index in [9.17, 15) is 18.4 Å². The number of para-hydroxylation sites is 1. The number of hydrogen-bond acceptors (Lipinski definition) is 3. The van der Waals surface area contributed by atoms with Gasteiger partial charge in [0.05, 0.1) is 11.3 Å². The highest BCUT2D eigenvalue weighted by atomic mass is 19.1. The van der Waals surface area contributed by atoms with Gasteiger partial charge < -0.3 is 9.80 Å². The lowest BCUT2D eigenvalue weighted by atomic mass is 10.2. The molecule has 1 aliphatic heterocycles. The molecule has 7 heteroatoms. The van der Waals surface area contributed by atoms with E-state index in [2.05, 4.69) is 0 Å². The lowest BCUT2D eigenvalue weighted by Gasteiger charge is -2.36. The Hall–Kier alpha value is -3.48. The molecule has 29 heavy (non-hydrogen) atoms. The van der Waals surface area contributed by atoms with Crippen LogP contribution in [0, 0.1) is 11.6 Å². The molecule has 0 radical (unpaired) electrons. The van der Waals surface area contributed by atoms with E-state index >= 15 is 0 Å². The van der Waals surface area contributed by atoms with Crippen LogP contribution in [0.15, 0.2) is 71.7 Å². The number of aromatic nitrogens is 1. The number of carbonyl (C=O) groups is 1. The fourth-order valence-corrected chi connectivity index (χ4v) is 3.46. The number of carbonyl (C=O) groups excluding carboxylic acids is 1. The van der Waals surface area contributed by atoms with Crippen LogP contribution < -0.4 is 10.5 Å². The Kier molecular flexibility index (Phi) is 5.12. The van der Waals surface area contributed by atoms with Crippen LogP contribution in [0.25, 0.3) is 5.69 Å². The van der Waals surface area contributed by atoms with Gasteiger partial charge in [0.15, 0.2) is 0 Å². The minimum absolute atomic E-state index is 0.200. The van der Waals surface area contributed by atoms with E-state index in [0.717, 1.165) is 0 Å². The second kappa shape index (κ2) is 7.87. The molecule has 4 rings (SSSR count). The molecule has 0 spiro atoms. The minimum Gasteiger partial charge on any atom is -0.366 e. The number of benzene rings is 2. The van der Waals surface area contributed by atoms with Crippen molar-refractivity contribution in [2.45, 2.75) is 0 Å². The molecule has 1 aliphatic rings. The summed E-state index contributed by atoms with van der Waals surface area (Å²) in [4.78, 5) is 28.7. The summed E-state index contributed by atoms with van der Waals surface area (Å²) in [6.07, 6.45) is 1.47. The van der Waals surface area contributed by atoms with Crippen molar-refractivity contribution < 1.29 is 13.6 Å². The number of halogens is 2. The molecular formula is C22H19F2N3O2. The van der Waals surface area contributed by atoms with Crippen molar-refractivity contribution in [2.75, 3.05) is 31.1 Å². The number of rotatable bonds is 3. The van der Waals surface area contributed by atoms with Gasteiger partial charge in [-0.25, -0.2) is 8.78 Å². The Balaban J connectivity index is 1.51. The number of pyridine rings is 1. The van der Waals surface area contributed by atoms with Gasteiger partial charge in [0, 0.05) is 44.1 Å². The average molecular weight is 395 g/mol. The summed E-state index contributed by atoms with van der Waals surface area (Å²) in [7, 11) is 0. The largest absolute Gasteiger partial charge is 0.366 e. The van der Waals surface area contributed by atoms with Crippen LogP contribution in [0.3, 0.4) is 0 Å². The van der Waals surface area contributed by atoms with Gasteiger partial charge >= 0.3 is 0 Å². The Bertz CT molecular complexity index is 1090. The second-order valence-corrected chi connectivity index (χ2v) is 6.83. The van der Waals surface area contributed by atoms with E-state index in [1.165, 1.54) is 53.2 Å². The Morgan fingerprint density at radius 2 is 1.52 bits per heavy atom. The summed E-state index contributed by atoms with van der Waals surface area (Å²) < 4.78 is 28.5. The van der Waals surface area contributed by atoms with Crippen LogP contribution in [-0.2, 0) is 0 Å². The molecule has 1 fully saturated rings. The molecule has 0 atom stereocenters. The van der Waals surface area contributed by atoms with Gasteiger partial charge in [-0.1, -0.05) is 12.1 Å². The first-order chi connectivity index (χ1) is 14.0. The minimum atomic E-state index is -0.401. The van der Waals surface area contributed by atoms with Gasteiger partial charge in [0.25, 0.3) is 11.5 Å². The molecule has 1 aromatic heterocycles. The molecule has 5 nitrogen and oxygen atoms in total. The number of piperazine rings is 1. The maximum absolute atomic E-state index is 14.0. The van der Waals surface area contributed by atoms with E-state index in [1.807, 2.05) is 4.90 Å². The zero-order chi connectivity index (χ0) is 20.4. The Morgan fingerprint density at radius 1 is 0.828 bits per heavy atom. The molecule has 1 saturated heterocycles. The van der Waals surface area contributed by atoms with Crippen molar-refractivity contribution in [3.8, 4) is 5.69 Å². The maximum atomic E-state index is 14.0. The van der Waals surface area contributed by atoms with Crippen molar-refractivity contribution in [1.82, 2.24) is 9.47 Å². The van der Waals surface area contributed by atoms with Gasteiger partial charge in [-0.05, 0) is 42.5 Å². The maximum Gasteiger partial charge on any atom is 0.255 e. The summed E-state index contributed by atoms with van der Waals surface area (Å²) in [6, 6.07) is 14.9. The third-order valence-corrected chi connectivity index (χ3v) is 5.02. The van der Waals surface area contributed by atoms with Crippen molar-refractivity contribution in [2.24, 2.45) is 0 Å². The Labute approximate surface area is 166 Å². The quantitative estimate of drug-likeness (QED) is 0.685. The molecule has 148 valence electrons. The number of hydrogen-bond donors (Lipinski definition) is 0. The van der Waals surface area contributed by atoms with E-state index in [1.54, 1.807) is 23.1 Å². The van der Waals surface area contributed by atoms with Crippen LogP contribution in [0.5, 0.6) is 0 Å². The predicted molar refractivity (Wildman–Crippen MR) is 107 cm³/mol.